The largest absolute Gasteiger partial charge is 0.606 e. The summed E-state index contributed by atoms with van der Waals surface area (Å²) in [6.07, 6.45) is 0. The number of benzene rings is 3. The van der Waals surface area contributed by atoms with Crippen LogP contribution in [0, 0.1) is 11.6 Å². The highest BCUT2D eigenvalue weighted by Gasteiger charge is 2.35. The summed E-state index contributed by atoms with van der Waals surface area (Å²) in [6.45, 7) is 0. The van der Waals surface area contributed by atoms with Crippen molar-refractivity contribution in [1.29, 1.82) is 0 Å². The normalized spacial score (nSPS) is 20.7. The van der Waals surface area contributed by atoms with E-state index in [1.165, 1.54) is 24.3 Å². The molecule has 3 aromatic carbocycles. The van der Waals surface area contributed by atoms with E-state index in [2.05, 4.69) is 0 Å². The summed E-state index contributed by atoms with van der Waals surface area (Å²) in [4.78, 5) is 3.69. The molecule has 23 heavy (non-hydrogen) atoms. The second-order valence-corrected chi connectivity index (χ2v) is 8.73. The van der Waals surface area contributed by atoms with E-state index >= 15 is 0 Å². The van der Waals surface area contributed by atoms with Crippen LogP contribution >= 0.6 is 10.9 Å². The third kappa shape index (κ3) is 2.45. The first kappa shape index (κ1) is 14.8. The molecule has 0 N–H and O–H groups in total. The zero-order chi connectivity index (χ0) is 16.0. The standard InChI is InChI=1S/C18H12F2OS2/c19-12-6-8-15-17(10-12)23(21)18-11-13(20)7-9-16(18)22(15)14-4-2-1-3-5-14/h1-11,22H. The Kier molecular flexibility index (Phi) is 3.64. The van der Waals surface area contributed by atoms with E-state index in [-0.39, 0.29) is 0 Å². The number of halogens is 2. The molecule has 0 unspecified atom stereocenters. The smallest absolute Gasteiger partial charge is 0.173 e. The molecule has 1 heterocycles. The van der Waals surface area contributed by atoms with Gasteiger partial charge in [-0.15, -0.1) is 0 Å². The van der Waals surface area contributed by atoms with Gasteiger partial charge in [0.1, 0.15) is 11.6 Å². The highest BCUT2D eigenvalue weighted by Crippen LogP contribution is 2.59. The number of fused-ring (bicyclic) bond motifs is 2. The highest BCUT2D eigenvalue weighted by atomic mass is 32.2. The van der Waals surface area contributed by atoms with Crippen molar-refractivity contribution in [2.45, 2.75) is 24.5 Å². The zero-order valence-corrected chi connectivity index (χ0v) is 13.6. The molecule has 3 aromatic rings. The maximum atomic E-state index is 13.7. The van der Waals surface area contributed by atoms with Crippen LogP contribution in [0.4, 0.5) is 8.78 Å². The van der Waals surface area contributed by atoms with Gasteiger partial charge < -0.3 is 4.55 Å². The Bertz CT molecular complexity index is 830. The van der Waals surface area contributed by atoms with Crippen LogP contribution in [0.15, 0.2) is 91.2 Å². The van der Waals surface area contributed by atoms with Gasteiger partial charge in [0.2, 0.25) is 0 Å². The Morgan fingerprint density at radius 2 is 1.26 bits per heavy atom. The van der Waals surface area contributed by atoms with E-state index in [4.69, 9.17) is 0 Å². The minimum atomic E-state index is -1.57. The van der Waals surface area contributed by atoms with Crippen molar-refractivity contribution in [3.63, 3.8) is 0 Å². The molecular formula is C18H12F2OS2. The summed E-state index contributed by atoms with van der Waals surface area (Å²) in [7, 11) is -0.976. The van der Waals surface area contributed by atoms with Gasteiger partial charge in [0, 0.05) is 23.3 Å². The van der Waals surface area contributed by atoms with Gasteiger partial charge in [-0.05, 0) is 41.3 Å². The third-order valence-corrected chi connectivity index (χ3v) is 8.07. The fourth-order valence-corrected chi connectivity index (χ4v) is 7.29. The fraction of sp³-hybridized carbons (Fsp3) is 0. The Morgan fingerprint density at radius 3 is 1.78 bits per heavy atom. The Morgan fingerprint density at radius 1 is 0.739 bits per heavy atom. The molecule has 1 nitrogen and oxygen atoms in total. The van der Waals surface area contributed by atoms with Gasteiger partial charge in [-0.1, -0.05) is 18.2 Å². The zero-order valence-electron chi connectivity index (χ0n) is 11.9. The molecular weight excluding hydrogens is 334 g/mol. The average molecular weight is 346 g/mol. The van der Waals surface area contributed by atoms with E-state index in [0.29, 0.717) is 9.79 Å². The van der Waals surface area contributed by atoms with Crippen LogP contribution in [-0.4, -0.2) is 4.55 Å². The van der Waals surface area contributed by atoms with Gasteiger partial charge in [-0.25, -0.2) is 8.78 Å². The Balaban J connectivity index is 2.01. The van der Waals surface area contributed by atoms with E-state index in [1.54, 1.807) is 12.1 Å². The molecule has 5 heteroatoms. The van der Waals surface area contributed by atoms with Crippen molar-refractivity contribution >= 4 is 22.1 Å². The maximum absolute atomic E-state index is 13.7. The van der Waals surface area contributed by atoms with E-state index < -0.39 is 33.7 Å². The number of hydrogen-bond acceptors (Lipinski definition) is 1. The monoisotopic (exact) mass is 346 g/mol. The Labute approximate surface area is 138 Å². The lowest BCUT2D eigenvalue weighted by molar-refractivity contribution is 0.578. The van der Waals surface area contributed by atoms with Crippen LogP contribution in [0.2, 0.25) is 0 Å². The summed E-state index contributed by atoms with van der Waals surface area (Å²) in [5.74, 6) is -0.861. The molecule has 1 aliphatic rings. The lowest BCUT2D eigenvalue weighted by atomic mass is 10.3. The van der Waals surface area contributed by atoms with Crippen molar-refractivity contribution in [3.05, 3.63) is 78.4 Å². The fourth-order valence-electron chi connectivity index (χ4n) is 2.75. The highest BCUT2D eigenvalue weighted by molar-refractivity contribution is 8.18. The Hall–Kier alpha value is -1.82. The van der Waals surface area contributed by atoms with Crippen molar-refractivity contribution in [2.24, 2.45) is 0 Å². The molecule has 116 valence electrons. The van der Waals surface area contributed by atoms with Crippen molar-refractivity contribution in [1.82, 2.24) is 0 Å². The van der Waals surface area contributed by atoms with Crippen LogP contribution < -0.4 is 0 Å². The molecule has 1 aliphatic heterocycles. The van der Waals surface area contributed by atoms with Crippen molar-refractivity contribution in [3.8, 4) is 0 Å². The number of hydrogen-bond donors (Lipinski definition) is 1. The molecule has 0 amide bonds. The SMILES string of the molecule is [O-][S+]1c2cc(F)ccc2[SH](c2ccccc2)c2ccc(F)cc21. The summed E-state index contributed by atoms with van der Waals surface area (Å²) in [6, 6.07) is 18.6. The van der Waals surface area contributed by atoms with Gasteiger partial charge in [-0.2, -0.15) is 10.9 Å². The molecule has 0 spiro atoms. The second-order valence-electron chi connectivity index (χ2n) is 5.16. The van der Waals surface area contributed by atoms with Crippen molar-refractivity contribution < 1.29 is 13.3 Å². The topological polar surface area (TPSA) is 23.1 Å². The van der Waals surface area contributed by atoms with Crippen LogP contribution in [-0.2, 0) is 11.2 Å². The summed E-state index contributed by atoms with van der Waals surface area (Å²) in [5.41, 5.74) is 0. The third-order valence-electron chi connectivity index (χ3n) is 3.74. The quantitative estimate of drug-likeness (QED) is 0.490. The average Bonchev–Trinajstić information content (AvgIpc) is 2.57. The van der Waals surface area contributed by atoms with Crippen LogP contribution in [0.25, 0.3) is 0 Å². The van der Waals surface area contributed by atoms with Crippen LogP contribution in [0.5, 0.6) is 0 Å². The maximum Gasteiger partial charge on any atom is 0.173 e. The summed E-state index contributed by atoms with van der Waals surface area (Å²) in [5, 5.41) is 0. The molecule has 0 radical (unpaired) electrons. The molecule has 0 bridgehead atoms. The predicted octanol–water partition coefficient (Wildman–Crippen LogP) is 4.92. The summed E-state index contributed by atoms with van der Waals surface area (Å²) < 4.78 is 40.1. The molecule has 0 saturated heterocycles. The summed E-state index contributed by atoms with van der Waals surface area (Å²) >= 11 is -1.57. The van der Waals surface area contributed by atoms with Gasteiger partial charge in [-0.3, -0.25) is 0 Å². The first-order valence-electron chi connectivity index (χ1n) is 7.01. The van der Waals surface area contributed by atoms with Crippen LogP contribution in [0.1, 0.15) is 0 Å². The van der Waals surface area contributed by atoms with Gasteiger partial charge >= 0.3 is 0 Å². The van der Waals surface area contributed by atoms with Crippen molar-refractivity contribution in [2.75, 3.05) is 0 Å². The first-order valence-corrected chi connectivity index (χ1v) is 9.50. The number of thiol groups is 1. The molecule has 0 saturated carbocycles. The van der Waals surface area contributed by atoms with Gasteiger partial charge in [0.15, 0.2) is 9.79 Å². The minimum Gasteiger partial charge on any atom is -0.606 e. The van der Waals surface area contributed by atoms with Crippen LogP contribution in [0.3, 0.4) is 0 Å². The minimum absolute atomic E-state index is 0.431. The lowest BCUT2D eigenvalue weighted by Gasteiger charge is -2.31. The predicted molar refractivity (Wildman–Crippen MR) is 87.7 cm³/mol. The van der Waals surface area contributed by atoms with E-state index in [9.17, 15) is 13.3 Å². The molecule has 0 atom stereocenters. The van der Waals surface area contributed by atoms with E-state index in [0.717, 1.165) is 14.7 Å². The number of rotatable bonds is 1. The molecule has 0 aromatic heterocycles. The molecule has 4 rings (SSSR count). The molecule has 0 fully saturated rings. The second kappa shape index (κ2) is 5.67. The van der Waals surface area contributed by atoms with Gasteiger partial charge in [0.25, 0.3) is 0 Å². The first-order chi connectivity index (χ1) is 11.1. The molecule has 0 aliphatic carbocycles. The lowest BCUT2D eigenvalue weighted by Crippen LogP contribution is -2.13. The van der Waals surface area contributed by atoms with Gasteiger partial charge in [0.05, 0.1) is 9.79 Å². The van der Waals surface area contributed by atoms with E-state index in [1.807, 2.05) is 30.3 Å².